The summed E-state index contributed by atoms with van der Waals surface area (Å²) in [6, 6.07) is 7.41. The highest BCUT2D eigenvalue weighted by Gasteiger charge is 2.30. The molecule has 2 N–H and O–H groups in total. The van der Waals surface area contributed by atoms with Crippen molar-refractivity contribution in [1.29, 1.82) is 0 Å². The number of hydrogen-bond donors (Lipinski definition) is 2. The van der Waals surface area contributed by atoms with Gasteiger partial charge in [-0.3, -0.25) is 4.98 Å². The average molecular weight is 468 g/mol. The Kier molecular flexibility index (Phi) is 6.60. The second-order valence-electron chi connectivity index (χ2n) is 8.78. The third-order valence-electron chi connectivity index (χ3n) is 4.85. The smallest absolute Gasteiger partial charge is 0.410 e. The van der Waals surface area contributed by atoms with E-state index in [0.717, 1.165) is 17.7 Å². The van der Waals surface area contributed by atoms with Crippen molar-refractivity contribution in [2.45, 2.75) is 38.8 Å². The first-order valence-electron chi connectivity index (χ1n) is 10.7. The molecule has 172 valence electrons. The quantitative estimate of drug-likeness (QED) is 0.553. The standard InChI is InChI=1S/C23H26ClN7O2/c1-23(2,3)33-22(32)31-8-7-18(14-31)28-20-13-25-12-19(30-20)15-10-26-21(27-11-15)29-17-6-4-5-16(24)9-17/h4-6,9-13,18H,7-8,14H2,1-3H3,(H,28,30)(H,26,27,29)/t18-/m0/s1. The SMILES string of the molecule is CC(C)(C)OC(=O)N1CC[C@H](Nc2cncc(-c3cnc(Nc4cccc(Cl)c4)nc3)n2)C1. The summed E-state index contributed by atoms with van der Waals surface area (Å²) in [7, 11) is 0. The van der Waals surface area contributed by atoms with Gasteiger partial charge in [0.25, 0.3) is 0 Å². The minimum absolute atomic E-state index is 0.0718. The minimum Gasteiger partial charge on any atom is -0.444 e. The van der Waals surface area contributed by atoms with Crippen LogP contribution >= 0.6 is 11.6 Å². The van der Waals surface area contributed by atoms with E-state index in [1.165, 1.54) is 0 Å². The van der Waals surface area contributed by atoms with E-state index >= 15 is 0 Å². The highest BCUT2D eigenvalue weighted by atomic mass is 35.5. The Morgan fingerprint density at radius 1 is 1.18 bits per heavy atom. The van der Waals surface area contributed by atoms with Crippen molar-refractivity contribution in [3.8, 4) is 11.3 Å². The van der Waals surface area contributed by atoms with Crippen molar-refractivity contribution in [2.24, 2.45) is 0 Å². The summed E-state index contributed by atoms with van der Waals surface area (Å²) in [5.74, 6) is 1.08. The first-order valence-corrected chi connectivity index (χ1v) is 11.0. The molecule has 1 atom stereocenters. The van der Waals surface area contributed by atoms with Crippen molar-refractivity contribution >= 4 is 35.1 Å². The lowest BCUT2D eigenvalue weighted by Crippen LogP contribution is -2.36. The number of benzene rings is 1. The molecule has 4 rings (SSSR count). The number of carbonyl (C=O) groups excluding carboxylic acids is 1. The van der Waals surface area contributed by atoms with Crippen molar-refractivity contribution in [3.63, 3.8) is 0 Å². The molecular weight excluding hydrogens is 442 g/mol. The van der Waals surface area contributed by atoms with Gasteiger partial charge in [0, 0.05) is 47.8 Å². The zero-order valence-electron chi connectivity index (χ0n) is 18.7. The number of carbonyl (C=O) groups is 1. The third kappa shape index (κ3) is 6.29. The Balaban J connectivity index is 1.37. The number of halogens is 1. The molecule has 3 aromatic rings. The average Bonchev–Trinajstić information content (AvgIpc) is 3.22. The lowest BCUT2D eigenvalue weighted by Gasteiger charge is -2.24. The predicted molar refractivity (Wildman–Crippen MR) is 128 cm³/mol. The van der Waals surface area contributed by atoms with Crippen molar-refractivity contribution in [1.82, 2.24) is 24.8 Å². The van der Waals surface area contributed by atoms with Crippen LogP contribution in [-0.4, -0.2) is 55.7 Å². The van der Waals surface area contributed by atoms with Gasteiger partial charge in [-0.25, -0.2) is 19.7 Å². The van der Waals surface area contributed by atoms with E-state index in [-0.39, 0.29) is 12.1 Å². The van der Waals surface area contributed by atoms with Crippen LogP contribution in [0.25, 0.3) is 11.3 Å². The number of anilines is 3. The van der Waals surface area contributed by atoms with Crippen molar-refractivity contribution < 1.29 is 9.53 Å². The molecule has 0 spiro atoms. The van der Waals surface area contributed by atoms with Gasteiger partial charge in [0.05, 0.1) is 18.1 Å². The summed E-state index contributed by atoms with van der Waals surface area (Å²) >= 11 is 6.01. The Morgan fingerprint density at radius 3 is 2.70 bits per heavy atom. The van der Waals surface area contributed by atoms with E-state index in [2.05, 4.69) is 30.6 Å². The lowest BCUT2D eigenvalue weighted by atomic mass is 10.2. The number of hydrogen-bond acceptors (Lipinski definition) is 8. The van der Waals surface area contributed by atoms with Crippen LogP contribution in [0, 0.1) is 0 Å². The van der Waals surface area contributed by atoms with Gasteiger partial charge >= 0.3 is 6.09 Å². The first kappa shape index (κ1) is 22.7. The van der Waals surface area contributed by atoms with Crippen molar-refractivity contribution in [3.05, 3.63) is 54.1 Å². The second-order valence-corrected chi connectivity index (χ2v) is 9.21. The zero-order valence-corrected chi connectivity index (χ0v) is 19.5. The van der Waals surface area contributed by atoms with Crippen LogP contribution in [-0.2, 0) is 4.74 Å². The van der Waals surface area contributed by atoms with Gasteiger partial charge in [0.15, 0.2) is 0 Å². The van der Waals surface area contributed by atoms with Gasteiger partial charge in [0.1, 0.15) is 11.4 Å². The topological polar surface area (TPSA) is 105 Å². The lowest BCUT2D eigenvalue weighted by molar-refractivity contribution is 0.0293. The Bertz CT molecular complexity index is 1120. The summed E-state index contributed by atoms with van der Waals surface area (Å²) in [4.78, 5) is 31.6. The Hall–Kier alpha value is -3.46. The summed E-state index contributed by atoms with van der Waals surface area (Å²) < 4.78 is 5.46. The van der Waals surface area contributed by atoms with E-state index in [1.54, 1.807) is 41.8 Å². The molecule has 9 nitrogen and oxygen atoms in total. The molecule has 0 saturated carbocycles. The van der Waals surface area contributed by atoms with Gasteiger partial charge in [0.2, 0.25) is 5.95 Å². The van der Waals surface area contributed by atoms with E-state index in [0.29, 0.717) is 35.6 Å². The number of rotatable bonds is 5. The third-order valence-corrected chi connectivity index (χ3v) is 5.09. The van der Waals surface area contributed by atoms with Gasteiger partial charge in [-0.1, -0.05) is 17.7 Å². The molecule has 1 amide bonds. The minimum atomic E-state index is -0.510. The van der Waals surface area contributed by atoms with Crippen LogP contribution in [0.1, 0.15) is 27.2 Å². The maximum absolute atomic E-state index is 12.3. The van der Waals surface area contributed by atoms with E-state index in [4.69, 9.17) is 16.3 Å². The highest BCUT2D eigenvalue weighted by Crippen LogP contribution is 2.22. The number of nitrogens with zero attached hydrogens (tertiary/aromatic N) is 5. The van der Waals surface area contributed by atoms with Crippen LogP contribution in [0.3, 0.4) is 0 Å². The number of ether oxygens (including phenoxy) is 1. The molecule has 0 radical (unpaired) electrons. The van der Waals surface area contributed by atoms with Gasteiger partial charge < -0.3 is 20.3 Å². The highest BCUT2D eigenvalue weighted by molar-refractivity contribution is 6.30. The van der Waals surface area contributed by atoms with Gasteiger partial charge in [-0.05, 0) is 45.4 Å². The number of likely N-dealkylation sites (tertiary alicyclic amines) is 1. The molecule has 1 fully saturated rings. The molecule has 10 heteroatoms. The number of nitrogens with one attached hydrogen (secondary N) is 2. The second kappa shape index (κ2) is 9.58. The van der Waals surface area contributed by atoms with Crippen LogP contribution in [0.4, 0.5) is 22.2 Å². The fraction of sp³-hybridized carbons (Fsp3) is 0.348. The summed E-state index contributed by atoms with van der Waals surface area (Å²) in [5.41, 5.74) is 1.68. The fourth-order valence-corrected chi connectivity index (χ4v) is 3.56. The first-order chi connectivity index (χ1) is 15.7. The molecule has 33 heavy (non-hydrogen) atoms. The molecule has 0 unspecified atom stereocenters. The summed E-state index contributed by atoms with van der Waals surface area (Å²) in [6.07, 6.45) is 7.21. The zero-order chi connectivity index (χ0) is 23.4. The largest absolute Gasteiger partial charge is 0.444 e. The van der Waals surface area contributed by atoms with Crippen LogP contribution in [0.15, 0.2) is 49.1 Å². The monoisotopic (exact) mass is 467 g/mol. The molecule has 2 aromatic heterocycles. The summed E-state index contributed by atoms with van der Waals surface area (Å²) in [6.45, 7) is 6.77. The Labute approximate surface area is 197 Å². The number of aromatic nitrogens is 4. The molecule has 1 aliphatic rings. The van der Waals surface area contributed by atoms with Crippen molar-refractivity contribution in [2.75, 3.05) is 23.7 Å². The van der Waals surface area contributed by atoms with Gasteiger partial charge in [-0.2, -0.15) is 0 Å². The maximum Gasteiger partial charge on any atom is 0.410 e. The molecule has 3 heterocycles. The van der Waals surface area contributed by atoms with E-state index < -0.39 is 5.60 Å². The predicted octanol–water partition coefficient (Wildman–Crippen LogP) is 4.75. The molecule has 1 aliphatic heterocycles. The summed E-state index contributed by atoms with van der Waals surface area (Å²) in [5, 5.41) is 7.10. The van der Waals surface area contributed by atoms with E-state index in [9.17, 15) is 4.79 Å². The molecule has 0 aliphatic carbocycles. The normalized spacial score (nSPS) is 15.9. The molecule has 1 aromatic carbocycles. The number of amides is 1. The maximum atomic E-state index is 12.3. The molecule has 1 saturated heterocycles. The van der Waals surface area contributed by atoms with Crippen LogP contribution < -0.4 is 10.6 Å². The Morgan fingerprint density at radius 2 is 1.97 bits per heavy atom. The molecular formula is C23H26ClN7O2. The van der Waals surface area contributed by atoms with Crippen LogP contribution in [0.2, 0.25) is 5.02 Å². The van der Waals surface area contributed by atoms with Crippen LogP contribution in [0.5, 0.6) is 0 Å². The van der Waals surface area contributed by atoms with E-state index in [1.807, 2.05) is 32.9 Å². The molecule has 0 bridgehead atoms. The fourth-order valence-electron chi connectivity index (χ4n) is 3.37. The van der Waals surface area contributed by atoms with Gasteiger partial charge in [-0.15, -0.1) is 0 Å².